The molecule has 2 heterocycles. The number of carbonyl (C=O) groups excluding carboxylic acids is 1. The number of carbonyl (C=O) groups is 1. The van der Waals surface area contributed by atoms with Crippen LogP contribution in [0.5, 0.6) is 5.75 Å². The highest BCUT2D eigenvalue weighted by molar-refractivity contribution is 7.99. The number of rotatable bonds is 6. The monoisotopic (exact) mass is 347 g/mol. The first kappa shape index (κ1) is 16.8. The topological polar surface area (TPSA) is 77.3 Å². The molecule has 7 heteroatoms. The molecule has 1 saturated heterocycles. The fourth-order valence-electron chi connectivity index (χ4n) is 2.54. The molecule has 1 aromatic heterocycles. The summed E-state index contributed by atoms with van der Waals surface area (Å²) >= 11 is 1.56. The predicted octanol–water partition coefficient (Wildman–Crippen LogP) is 3.04. The molecule has 3 rings (SSSR count). The summed E-state index contributed by atoms with van der Waals surface area (Å²) in [6, 6.07) is 7.59. The van der Waals surface area contributed by atoms with E-state index in [0.29, 0.717) is 24.1 Å². The third-order valence-electron chi connectivity index (χ3n) is 3.78. The van der Waals surface area contributed by atoms with Crippen molar-refractivity contribution >= 4 is 17.7 Å². The normalized spacial score (nSPS) is 18.0. The fourth-order valence-corrected chi connectivity index (χ4v) is 3.57. The van der Waals surface area contributed by atoms with Gasteiger partial charge in [0.05, 0.1) is 17.6 Å². The first-order valence-electron chi connectivity index (χ1n) is 8.21. The third-order valence-corrected chi connectivity index (χ3v) is 5.05. The van der Waals surface area contributed by atoms with E-state index in [1.54, 1.807) is 11.8 Å². The van der Waals surface area contributed by atoms with Crippen molar-refractivity contribution in [2.45, 2.75) is 37.2 Å². The summed E-state index contributed by atoms with van der Waals surface area (Å²) in [5.41, 5.74) is 0.880. The summed E-state index contributed by atoms with van der Waals surface area (Å²) < 4.78 is 10.7. The Kier molecular flexibility index (Phi) is 5.74. The van der Waals surface area contributed by atoms with Crippen molar-refractivity contribution in [1.29, 1.82) is 0 Å². The lowest BCUT2D eigenvalue weighted by molar-refractivity contribution is -0.120. The molecule has 0 aliphatic carbocycles. The maximum atomic E-state index is 11.9. The quantitative estimate of drug-likeness (QED) is 0.865. The van der Waals surface area contributed by atoms with Crippen LogP contribution in [0.4, 0.5) is 0 Å². The van der Waals surface area contributed by atoms with E-state index in [1.165, 1.54) is 0 Å². The lowest BCUT2D eigenvalue weighted by Gasteiger charge is -2.10. The second kappa shape index (κ2) is 8.19. The molecule has 6 nitrogen and oxygen atoms in total. The van der Waals surface area contributed by atoms with Crippen LogP contribution < -0.4 is 10.1 Å². The van der Waals surface area contributed by atoms with Gasteiger partial charge in [0.1, 0.15) is 5.75 Å². The summed E-state index contributed by atoms with van der Waals surface area (Å²) in [6.45, 7) is 3.36. The SMILES string of the molecule is CCOc1ccc(-c2noc(CS[C@H]3CCCCNC3=O)n2)cc1. The van der Waals surface area contributed by atoms with Gasteiger partial charge in [-0.3, -0.25) is 4.79 Å². The molecule has 1 fully saturated rings. The fraction of sp³-hybridized carbons (Fsp3) is 0.471. The van der Waals surface area contributed by atoms with Gasteiger partial charge in [0.25, 0.3) is 0 Å². The second-order valence-electron chi connectivity index (χ2n) is 5.56. The van der Waals surface area contributed by atoms with Crippen molar-refractivity contribution in [2.75, 3.05) is 13.2 Å². The maximum Gasteiger partial charge on any atom is 0.236 e. The number of nitrogens with one attached hydrogen (secondary N) is 1. The lowest BCUT2D eigenvalue weighted by Crippen LogP contribution is -2.30. The van der Waals surface area contributed by atoms with Crippen LogP contribution in [0.2, 0.25) is 0 Å². The summed E-state index contributed by atoms with van der Waals surface area (Å²) in [7, 11) is 0. The zero-order valence-corrected chi connectivity index (χ0v) is 14.5. The largest absolute Gasteiger partial charge is 0.494 e. The minimum absolute atomic E-state index is 0.0340. The molecule has 1 N–H and O–H groups in total. The van der Waals surface area contributed by atoms with Gasteiger partial charge in [-0.1, -0.05) is 11.6 Å². The minimum Gasteiger partial charge on any atom is -0.494 e. The first-order chi connectivity index (χ1) is 11.8. The van der Waals surface area contributed by atoms with Crippen LogP contribution in [0.15, 0.2) is 28.8 Å². The van der Waals surface area contributed by atoms with Gasteiger partial charge in [0.15, 0.2) is 0 Å². The molecular weight excluding hydrogens is 326 g/mol. The van der Waals surface area contributed by atoms with Crippen molar-refractivity contribution < 1.29 is 14.1 Å². The molecule has 128 valence electrons. The van der Waals surface area contributed by atoms with Gasteiger partial charge in [-0.05, 0) is 44.0 Å². The van der Waals surface area contributed by atoms with Crippen LogP contribution in [0, 0.1) is 0 Å². The van der Waals surface area contributed by atoms with E-state index in [0.717, 1.165) is 37.1 Å². The third kappa shape index (κ3) is 4.29. The number of benzene rings is 1. The summed E-state index contributed by atoms with van der Waals surface area (Å²) in [4.78, 5) is 16.4. The van der Waals surface area contributed by atoms with Crippen LogP contribution in [0.3, 0.4) is 0 Å². The number of hydrogen-bond donors (Lipinski definition) is 1. The minimum atomic E-state index is -0.0340. The van der Waals surface area contributed by atoms with E-state index >= 15 is 0 Å². The summed E-state index contributed by atoms with van der Waals surface area (Å²) in [5, 5.41) is 6.93. The van der Waals surface area contributed by atoms with Crippen LogP contribution in [0.1, 0.15) is 32.1 Å². The molecule has 24 heavy (non-hydrogen) atoms. The van der Waals surface area contributed by atoms with E-state index in [2.05, 4.69) is 15.5 Å². The molecule has 1 aromatic carbocycles. The Morgan fingerprint density at radius 1 is 1.33 bits per heavy atom. The standard InChI is InChI=1S/C17H21N3O3S/c1-2-22-13-8-6-12(7-9-13)16-19-15(23-20-16)11-24-14-5-3-4-10-18-17(14)21/h6-9,14H,2-5,10-11H2,1H3,(H,18,21)/t14-/m0/s1. The van der Waals surface area contributed by atoms with Crippen molar-refractivity contribution in [1.82, 2.24) is 15.5 Å². The Morgan fingerprint density at radius 2 is 2.17 bits per heavy atom. The number of ether oxygens (including phenoxy) is 1. The Hall–Kier alpha value is -2.02. The number of thioether (sulfide) groups is 1. The zero-order valence-electron chi connectivity index (χ0n) is 13.7. The van der Waals surface area contributed by atoms with Crippen molar-refractivity contribution in [3.8, 4) is 17.1 Å². The van der Waals surface area contributed by atoms with E-state index in [9.17, 15) is 4.79 Å². The molecule has 0 unspecified atom stereocenters. The molecule has 1 atom stereocenters. The van der Waals surface area contributed by atoms with Gasteiger partial charge in [-0.25, -0.2) is 0 Å². The Bertz CT molecular complexity index is 672. The number of nitrogens with zero attached hydrogens (tertiary/aromatic N) is 2. The highest BCUT2D eigenvalue weighted by Crippen LogP contribution is 2.25. The molecule has 2 aromatic rings. The van der Waals surface area contributed by atoms with E-state index < -0.39 is 0 Å². The maximum absolute atomic E-state index is 11.9. The van der Waals surface area contributed by atoms with Gasteiger partial charge in [0, 0.05) is 12.1 Å². The summed E-state index contributed by atoms with van der Waals surface area (Å²) in [6.07, 6.45) is 3.01. The van der Waals surface area contributed by atoms with Crippen molar-refractivity contribution in [3.05, 3.63) is 30.2 Å². The van der Waals surface area contributed by atoms with Gasteiger partial charge < -0.3 is 14.6 Å². The molecule has 1 aliphatic heterocycles. The Labute approximate surface area is 145 Å². The van der Waals surface area contributed by atoms with E-state index in [-0.39, 0.29) is 11.2 Å². The predicted molar refractivity (Wildman–Crippen MR) is 92.8 cm³/mol. The lowest BCUT2D eigenvalue weighted by atomic mass is 10.2. The van der Waals surface area contributed by atoms with Crippen molar-refractivity contribution in [3.63, 3.8) is 0 Å². The Morgan fingerprint density at radius 3 is 2.96 bits per heavy atom. The van der Waals surface area contributed by atoms with Gasteiger partial charge >= 0.3 is 0 Å². The van der Waals surface area contributed by atoms with Crippen molar-refractivity contribution in [2.24, 2.45) is 0 Å². The van der Waals surface area contributed by atoms with Crippen LogP contribution >= 0.6 is 11.8 Å². The molecule has 0 radical (unpaired) electrons. The second-order valence-corrected chi connectivity index (χ2v) is 6.75. The van der Waals surface area contributed by atoms with Gasteiger partial charge in [-0.15, -0.1) is 11.8 Å². The van der Waals surface area contributed by atoms with E-state index in [1.807, 2.05) is 31.2 Å². The number of aromatic nitrogens is 2. The molecule has 0 bridgehead atoms. The molecular formula is C17H21N3O3S. The Balaban J connectivity index is 1.59. The first-order valence-corrected chi connectivity index (χ1v) is 9.26. The highest BCUT2D eigenvalue weighted by atomic mass is 32.2. The van der Waals surface area contributed by atoms with Crippen LogP contribution in [0.25, 0.3) is 11.4 Å². The molecule has 0 saturated carbocycles. The van der Waals surface area contributed by atoms with Crippen LogP contribution in [-0.4, -0.2) is 34.4 Å². The van der Waals surface area contributed by atoms with E-state index in [4.69, 9.17) is 9.26 Å². The number of hydrogen-bond acceptors (Lipinski definition) is 6. The number of amides is 1. The average molecular weight is 347 g/mol. The highest BCUT2D eigenvalue weighted by Gasteiger charge is 2.22. The molecule has 0 spiro atoms. The molecule has 1 amide bonds. The molecule has 1 aliphatic rings. The average Bonchev–Trinajstić information content (AvgIpc) is 2.97. The summed E-state index contributed by atoms with van der Waals surface area (Å²) in [5.74, 6) is 2.57. The van der Waals surface area contributed by atoms with Crippen LogP contribution in [-0.2, 0) is 10.5 Å². The van der Waals surface area contributed by atoms with Gasteiger partial charge in [0.2, 0.25) is 17.6 Å². The van der Waals surface area contributed by atoms with Gasteiger partial charge in [-0.2, -0.15) is 4.98 Å². The zero-order chi connectivity index (χ0) is 16.8. The smallest absolute Gasteiger partial charge is 0.236 e.